The van der Waals surface area contributed by atoms with E-state index in [1.807, 2.05) is 0 Å². The summed E-state index contributed by atoms with van der Waals surface area (Å²) in [6.45, 7) is 0.282. The molecule has 1 aliphatic rings. The standard InChI is InChI=1S/C13H16FN3O3/c1-16(8-12(18)15-10-5-6-10)7-9-3-2-4-11(13(9)14)17(19)20/h2-4,10H,5-8H2,1H3,(H,15,18). The maximum atomic E-state index is 13.9. The number of nitro groups is 1. The van der Waals surface area contributed by atoms with Crippen molar-refractivity contribution in [2.45, 2.75) is 25.4 Å². The van der Waals surface area contributed by atoms with Gasteiger partial charge in [-0.1, -0.05) is 12.1 Å². The van der Waals surface area contributed by atoms with E-state index in [4.69, 9.17) is 0 Å². The first kappa shape index (κ1) is 14.4. The Morgan fingerprint density at radius 2 is 2.25 bits per heavy atom. The van der Waals surface area contributed by atoms with Crippen molar-refractivity contribution in [3.8, 4) is 0 Å². The van der Waals surface area contributed by atoms with E-state index in [1.165, 1.54) is 12.1 Å². The second kappa shape index (κ2) is 5.96. The molecule has 108 valence electrons. The molecule has 0 heterocycles. The van der Waals surface area contributed by atoms with Crippen molar-refractivity contribution in [3.05, 3.63) is 39.7 Å². The Bertz CT molecular complexity index is 532. The second-order valence-corrected chi connectivity index (χ2v) is 5.02. The molecule has 1 aromatic carbocycles. The van der Waals surface area contributed by atoms with Gasteiger partial charge in [-0.15, -0.1) is 0 Å². The third-order valence-corrected chi connectivity index (χ3v) is 3.05. The Morgan fingerprint density at radius 3 is 2.85 bits per heavy atom. The van der Waals surface area contributed by atoms with Crippen molar-refractivity contribution in [2.75, 3.05) is 13.6 Å². The van der Waals surface area contributed by atoms with Crippen LogP contribution in [0.2, 0.25) is 0 Å². The van der Waals surface area contributed by atoms with Gasteiger partial charge in [0.25, 0.3) is 0 Å². The third kappa shape index (κ3) is 3.74. The lowest BCUT2D eigenvalue weighted by Gasteiger charge is -2.16. The number of carbonyl (C=O) groups excluding carboxylic acids is 1. The fraction of sp³-hybridized carbons (Fsp3) is 0.462. The number of nitrogens with one attached hydrogen (secondary N) is 1. The first-order valence-electron chi connectivity index (χ1n) is 6.37. The van der Waals surface area contributed by atoms with Crippen LogP contribution in [-0.2, 0) is 11.3 Å². The van der Waals surface area contributed by atoms with Gasteiger partial charge in [0.1, 0.15) is 0 Å². The number of nitro benzene ring substituents is 1. The molecule has 1 fully saturated rings. The van der Waals surface area contributed by atoms with Gasteiger partial charge in [0.2, 0.25) is 11.7 Å². The van der Waals surface area contributed by atoms with E-state index in [9.17, 15) is 19.3 Å². The lowest BCUT2D eigenvalue weighted by molar-refractivity contribution is -0.387. The molecule has 20 heavy (non-hydrogen) atoms. The Labute approximate surface area is 115 Å². The molecule has 0 bridgehead atoms. The van der Waals surface area contributed by atoms with Crippen molar-refractivity contribution in [1.29, 1.82) is 0 Å². The molecule has 0 aliphatic heterocycles. The summed E-state index contributed by atoms with van der Waals surface area (Å²) < 4.78 is 13.9. The Balaban J connectivity index is 1.96. The predicted octanol–water partition coefficient (Wildman–Crippen LogP) is 1.44. The van der Waals surface area contributed by atoms with E-state index < -0.39 is 16.4 Å². The average Bonchev–Trinajstić information content (AvgIpc) is 3.14. The number of hydrogen-bond acceptors (Lipinski definition) is 4. The zero-order valence-corrected chi connectivity index (χ0v) is 11.1. The quantitative estimate of drug-likeness (QED) is 0.632. The molecule has 0 spiro atoms. The molecule has 7 heteroatoms. The second-order valence-electron chi connectivity index (χ2n) is 5.02. The van der Waals surface area contributed by atoms with Gasteiger partial charge < -0.3 is 5.32 Å². The van der Waals surface area contributed by atoms with Gasteiger partial charge in [-0.2, -0.15) is 4.39 Å². The van der Waals surface area contributed by atoms with Gasteiger partial charge in [-0.25, -0.2) is 0 Å². The van der Waals surface area contributed by atoms with Gasteiger partial charge in [-0.05, 0) is 19.9 Å². The monoisotopic (exact) mass is 281 g/mol. The molecule has 0 saturated heterocycles. The van der Waals surface area contributed by atoms with Crippen LogP contribution in [0.4, 0.5) is 10.1 Å². The van der Waals surface area contributed by atoms with Crippen LogP contribution in [0.3, 0.4) is 0 Å². The summed E-state index contributed by atoms with van der Waals surface area (Å²) in [5, 5.41) is 13.5. The maximum absolute atomic E-state index is 13.9. The fourth-order valence-electron chi connectivity index (χ4n) is 1.92. The summed E-state index contributed by atoms with van der Waals surface area (Å²) in [4.78, 5) is 23.1. The van der Waals surface area contributed by atoms with Crippen LogP contribution in [-0.4, -0.2) is 35.4 Å². The smallest absolute Gasteiger partial charge is 0.305 e. The minimum absolute atomic E-state index is 0.110. The summed E-state index contributed by atoms with van der Waals surface area (Å²) in [5.74, 6) is -0.951. The molecular formula is C13H16FN3O3. The Hall–Kier alpha value is -2.02. The number of nitrogens with zero attached hydrogens (tertiary/aromatic N) is 2. The number of rotatable bonds is 6. The van der Waals surface area contributed by atoms with Crippen LogP contribution in [0.25, 0.3) is 0 Å². The first-order chi connectivity index (χ1) is 9.47. The van der Waals surface area contributed by atoms with Crippen LogP contribution < -0.4 is 5.32 Å². The zero-order valence-electron chi connectivity index (χ0n) is 11.1. The van der Waals surface area contributed by atoms with Gasteiger partial charge in [-0.3, -0.25) is 19.8 Å². The normalized spacial score (nSPS) is 14.3. The fourth-order valence-corrected chi connectivity index (χ4v) is 1.92. The molecule has 1 N–H and O–H groups in total. The van der Waals surface area contributed by atoms with E-state index in [1.54, 1.807) is 11.9 Å². The van der Waals surface area contributed by atoms with Crippen LogP contribution in [0, 0.1) is 15.9 Å². The third-order valence-electron chi connectivity index (χ3n) is 3.05. The molecule has 2 rings (SSSR count). The highest BCUT2D eigenvalue weighted by Crippen LogP contribution is 2.21. The van der Waals surface area contributed by atoms with Crippen molar-refractivity contribution in [2.24, 2.45) is 0 Å². The lowest BCUT2D eigenvalue weighted by Crippen LogP contribution is -2.36. The van der Waals surface area contributed by atoms with Crippen molar-refractivity contribution < 1.29 is 14.1 Å². The van der Waals surface area contributed by atoms with Crippen molar-refractivity contribution >= 4 is 11.6 Å². The van der Waals surface area contributed by atoms with Crippen LogP contribution in [0.15, 0.2) is 18.2 Å². The number of carbonyl (C=O) groups is 1. The number of likely N-dealkylation sites (N-methyl/N-ethyl adjacent to an activating group) is 1. The molecule has 6 nitrogen and oxygen atoms in total. The average molecular weight is 281 g/mol. The molecule has 1 amide bonds. The van der Waals surface area contributed by atoms with E-state index in [-0.39, 0.29) is 30.6 Å². The summed E-state index contributed by atoms with van der Waals surface area (Å²) in [6, 6.07) is 4.33. The van der Waals surface area contributed by atoms with Gasteiger partial charge >= 0.3 is 5.69 Å². The molecule has 0 aromatic heterocycles. The Morgan fingerprint density at radius 1 is 1.55 bits per heavy atom. The molecular weight excluding hydrogens is 265 g/mol. The SMILES string of the molecule is CN(CC(=O)NC1CC1)Cc1cccc([N+](=O)[O-])c1F. The molecule has 1 saturated carbocycles. The Kier molecular flexibility index (Phi) is 4.29. The molecule has 1 aromatic rings. The summed E-state index contributed by atoms with van der Waals surface area (Å²) >= 11 is 0. The summed E-state index contributed by atoms with van der Waals surface area (Å²) in [5.41, 5.74) is -0.334. The van der Waals surface area contributed by atoms with E-state index in [0.717, 1.165) is 18.9 Å². The van der Waals surface area contributed by atoms with Crippen LogP contribution in [0.1, 0.15) is 18.4 Å². The van der Waals surface area contributed by atoms with E-state index in [0.29, 0.717) is 0 Å². The van der Waals surface area contributed by atoms with Gasteiger partial charge in [0.05, 0.1) is 11.5 Å². The zero-order chi connectivity index (χ0) is 14.7. The molecule has 0 atom stereocenters. The van der Waals surface area contributed by atoms with Crippen molar-refractivity contribution in [1.82, 2.24) is 10.2 Å². The predicted molar refractivity (Wildman–Crippen MR) is 70.6 cm³/mol. The minimum Gasteiger partial charge on any atom is -0.352 e. The number of hydrogen-bond donors (Lipinski definition) is 1. The van der Waals surface area contributed by atoms with Crippen LogP contribution in [0.5, 0.6) is 0 Å². The highest BCUT2D eigenvalue weighted by atomic mass is 19.1. The highest BCUT2D eigenvalue weighted by Gasteiger charge is 2.24. The highest BCUT2D eigenvalue weighted by molar-refractivity contribution is 5.78. The number of amides is 1. The largest absolute Gasteiger partial charge is 0.352 e. The summed E-state index contributed by atoms with van der Waals surface area (Å²) in [6.07, 6.45) is 2.02. The van der Waals surface area contributed by atoms with E-state index in [2.05, 4.69) is 5.32 Å². The van der Waals surface area contributed by atoms with Crippen molar-refractivity contribution in [3.63, 3.8) is 0 Å². The molecule has 0 radical (unpaired) electrons. The number of benzene rings is 1. The maximum Gasteiger partial charge on any atom is 0.305 e. The van der Waals surface area contributed by atoms with Crippen LogP contribution >= 0.6 is 0 Å². The minimum atomic E-state index is -0.841. The topological polar surface area (TPSA) is 75.5 Å². The van der Waals surface area contributed by atoms with Gasteiger partial charge in [0.15, 0.2) is 0 Å². The van der Waals surface area contributed by atoms with E-state index >= 15 is 0 Å². The molecule has 0 unspecified atom stereocenters. The molecule has 1 aliphatic carbocycles. The first-order valence-corrected chi connectivity index (χ1v) is 6.37. The van der Waals surface area contributed by atoms with Gasteiger partial charge in [0, 0.05) is 24.2 Å². The lowest BCUT2D eigenvalue weighted by atomic mass is 10.1. The number of halogens is 1. The summed E-state index contributed by atoms with van der Waals surface area (Å²) in [7, 11) is 1.67.